The summed E-state index contributed by atoms with van der Waals surface area (Å²) >= 11 is 0. The lowest BCUT2D eigenvalue weighted by Gasteiger charge is -2.04. The zero-order valence-electron chi connectivity index (χ0n) is 12.6. The van der Waals surface area contributed by atoms with Crippen molar-refractivity contribution in [3.8, 4) is 0 Å². The molecule has 3 heteroatoms. The lowest BCUT2D eigenvalue weighted by atomic mass is 10.0. The summed E-state index contributed by atoms with van der Waals surface area (Å²) in [6.45, 7) is 0. The van der Waals surface area contributed by atoms with Crippen LogP contribution in [-0.4, -0.2) is 14.9 Å². The van der Waals surface area contributed by atoms with Gasteiger partial charge in [-0.25, -0.2) is 0 Å². The van der Waals surface area contributed by atoms with Crippen LogP contribution in [0.3, 0.4) is 0 Å². The van der Waals surface area contributed by atoms with Gasteiger partial charge in [0.25, 0.3) is 0 Å². The Morgan fingerprint density at radius 1 is 0.727 bits per heavy atom. The molecule has 22 heavy (non-hydrogen) atoms. The van der Waals surface area contributed by atoms with Crippen LogP contribution in [-0.2, 0) is 14.1 Å². The van der Waals surface area contributed by atoms with E-state index in [1.54, 1.807) is 0 Å². The molecular formula is C19H16N2O. The lowest BCUT2D eigenvalue weighted by Crippen LogP contribution is -2.01. The van der Waals surface area contributed by atoms with Crippen LogP contribution in [0, 0.1) is 0 Å². The molecule has 4 rings (SSSR count). The summed E-state index contributed by atoms with van der Waals surface area (Å²) in [4.78, 5) is 12.7. The molecule has 0 aliphatic rings. The molecule has 2 aromatic heterocycles. The summed E-state index contributed by atoms with van der Waals surface area (Å²) in [5, 5.41) is 2.18. The van der Waals surface area contributed by atoms with Gasteiger partial charge in [0.2, 0.25) is 0 Å². The van der Waals surface area contributed by atoms with Gasteiger partial charge in [-0.05, 0) is 48.5 Å². The van der Waals surface area contributed by atoms with Crippen LogP contribution in [0.2, 0.25) is 0 Å². The number of aryl methyl sites for hydroxylation is 2. The van der Waals surface area contributed by atoms with Crippen molar-refractivity contribution < 1.29 is 4.79 Å². The topological polar surface area (TPSA) is 26.9 Å². The van der Waals surface area contributed by atoms with E-state index in [4.69, 9.17) is 0 Å². The second-order valence-electron chi connectivity index (χ2n) is 5.73. The Balaban J connectivity index is 1.80. The summed E-state index contributed by atoms with van der Waals surface area (Å²) in [5.41, 5.74) is 3.73. The molecule has 0 N–H and O–H groups in total. The van der Waals surface area contributed by atoms with Gasteiger partial charge in [0.15, 0.2) is 5.78 Å². The fourth-order valence-corrected chi connectivity index (χ4v) is 3.01. The minimum absolute atomic E-state index is 0.0662. The molecule has 0 unspecified atom stereocenters. The van der Waals surface area contributed by atoms with Gasteiger partial charge in [-0.2, -0.15) is 0 Å². The first-order valence-corrected chi connectivity index (χ1v) is 7.28. The quantitative estimate of drug-likeness (QED) is 0.514. The van der Waals surface area contributed by atoms with E-state index in [9.17, 15) is 4.79 Å². The maximum absolute atomic E-state index is 12.7. The van der Waals surface area contributed by atoms with Crippen LogP contribution in [0.1, 0.15) is 15.9 Å². The minimum atomic E-state index is 0.0662. The first-order chi connectivity index (χ1) is 10.6. The Bertz CT molecular complexity index is 938. The van der Waals surface area contributed by atoms with Crippen molar-refractivity contribution in [1.29, 1.82) is 0 Å². The second-order valence-corrected chi connectivity index (χ2v) is 5.73. The molecule has 0 aliphatic carbocycles. The SMILES string of the molecule is Cn1ccc2cc(C(=O)c3ccc4c(ccn4C)c3)ccc21. The summed E-state index contributed by atoms with van der Waals surface area (Å²) in [6.07, 6.45) is 4.02. The van der Waals surface area contributed by atoms with Gasteiger partial charge < -0.3 is 9.13 Å². The minimum Gasteiger partial charge on any atom is -0.351 e. The molecule has 2 aromatic carbocycles. The molecule has 0 spiro atoms. The number of hydrogen-bond acceptors (Lipinski definition) is 1. The van der Waals surface area contributed by atoms with Gasteiger partial charge in [-0.15, -0.1) is 0 Å². The highest BCUT2D eigenvalue weighted by Gasteiger charge is 2.11. The molecule has 0 aliphatic heterocycles. The monoisotopic (exact) mass is 288 g/mol. The fraction of sp³-hybridized carbons (Fsp3) is 0.105. The van der Waals surface area contributed by atoms with E-state index in [1.807, 2.05) is 75.0 Å². The predicted molar refractivity (Wildman–Crippen MR) is 89.3 cm³/mol. The Labute approximate surface area is 128 Å². The summed E-state index contributed by atoms with van der Waals surface area (Å²) in [5.74, 6) is 0.0662. The summed E-state index contributed by atoms with van der Waals surface area (Å²) < 4.78 is 4.11. The van der Waals surface area contributed by atoms with Crippen molar-refractivity contribution >= 4 is 27.6 Å². The second kappa shape index (κ2) is 4.60. The van der Waals surface area contributed by atoms with Crippen LogP contribution in [0.4, 0.5) is 0 Å². The maximum atomic E-state index is 12.7. The molecule has 4 aromatic rings. The smallest absolute Gasteiger partial charge is 0.193 e. The molecule has 0 amide bonds. The highest BCUT2D eigenvalue weighted by Crippen LogP contribution is 2.22. The zero-order valence-corrected chi connectivity index (χ0v) is 12.6. The van der Waals surface area contributed by atoms with Crippen LogP contribution in [0.15, 0.2) is 60.9 Å². The number of nitrogens with zero attached hydrogens (tertiary/aromatic N) is 2. The molecule has 0 atom stereocenters. The number of rotatable bonds is 2. The highest BCUT2D eigenvalue weighted by atomic mass is 16.1. The highest BCUT2D eigenvalue weighted by molar-refractivity contribution is 6.11. The Morgan fingerprint density at radius 3 is 1.64 bits per heavy atom. The lowest BCUT2D eigenvalue weighted by molar-refractivity contribution is 0.103. The average molecular weight is 288 g/mol. The molecule has 0 saturated carbocycles. The van der Waals surface area contributed by atoms with Crippen LogP contribution in [0.5, 0.6) is 0 Å². The number of carbonyl (C=O) groups excluding carboxylic acids is 1. The Morgan fingerprint density at radius 2 is 1.18 bits per heavy atom. The summed E-state index contributed by atoms with van der Waals surface area (Å²) in [6, 6.07) is 15.8. The molecular weight excluding hydrogens is 272 g/mol. The van der Waals surface area contributed by atoms with Gasteiger partial charge in [-0.3, -0.25) is 4.79 Å². The fourth-order valence-electron chi connectivity index (χ4n) is 3.01. The number of aromatic nitrogens is 2. The molecule has 108 valence electrons. The van der Waals surface area contributed by atoms with E-state index >= 15 is 0 Å². The maximum Gasteiger partial charge on any atom is 0.193 e. The van der Waals surface area contributed by atoms with Gasteiger partial charge in [0.05, 0.1) is 0 Å². The number of hydrogen-bond donors (Lipinski definition) is 0. The third-order valence-electron chi connectivity index (χ3n) is 4.29. The molecule has 0 saturated heterocycles. The van der Waals surface area contributed by atoms with Crippen LogP contribution < -0.4 is 0 Å². The van der Waals surface area contributed by atoms with E-state index in [1.165, 1.54) is 0 Å². The Hall–Kier alpha value is -2.81. The third-order valence-corrected chi connectivity index (χ3v) is 4.29. The third kappa shape index (κ3) is 1.86. The van der Waals surface area contributed by atoms with E-state index < -0.39 is 0 Å². The molecule has 3 nitrogen and oxygen atoms in total. The Kier molecular flexibility index (Phi) is 2.70. The van der Waals surface area contributed by atoms with E-state index in [0.29, 0.717) is 0 Å². The first kappa shape index (κ1) is 12.9. The molecule has 2 heterocycles. The largest absolute Gasteiger partial charge is 0.351 e. The number of ketones is 1. The molecule has 0 bridgehead atoms. The zero-order chi connectivity index (χ0) is 15.3. The number of carbonyl (C=O) groups is 1. The van der Waals surface area contributed by atoms with Gasteiger partial charge >= 0.3 is 0 Å². The molecule has 0 fully saturated rings. The van der Waals surface area contributed by atoms with Crippen molar-refractivity contribution in [1.82, 2.24) is 9.13 Å². The van der Waals surface area contributed by atoms with E-state index in [0.717, 1.165) is 32.9 Å². The van der Waals surface area contributed by atoms with E-state index in [-0.39, 0.29) is 5.78 Å². The van der Waals surface area contributed by atoms with Crippen LogP contribution in [0.25, 0.3) is 21.8 Å². The predicted octanol–water partition coefficient (Wildman–Crippen LogP) is 3.90. The van der Waals surface area contributed by atoms with Crippen molar-refractivity contribution in [2.75, 3.05) is 0 Å². The number of fused-ring (bicyclic) bond motifs is 2. The standard InChI is InChI=1S/C19H16N2O/c1-20-9-7-13-11-15(3-5-17(13)20)19(22)16-4-6-18-14(12-16)8-10-21(18)2/h3-12H,1-2H3. The van der Waals surface area contributed by atoms with Crippen molar-refractivity contribution in [3.05, 3.63) is 72.1 Å². The van der Waals surface area contributed by atoms with Gasteiger partial charge in [0, 0.05) is 59.4 Å². The van der Waals surface area contributed by atoms with Gasteiger partial charge in [0.1, 0.15) is 0 Å². The van der Waals surface area contributed by atoms with Gasteiger partial charge in [-0.1, -0.05) is 0 Å². The van der Waals surface area contributed by atoms with Crippen LogP contribution >= 0.6 is 0 Å². The van der Waals surface area contributed by atoms with Crippen molar-refractivity contribution in [3.63, 3.8) is 0 Å². The summed E-state index contributed by atoms with van der Waals surface area (Å²) in [7, 11) is 4.01. The normalized spacial score (nSPS) is 11.4. The molecule has 0 radical (unpaired) electrons. The van der Waals surface area contributed by atoms with Crippen molar-refractivity contribution in [2.24, 2.45) is 14.1 Å². The van der Waals surface area contributed by atoms with Crippen molar-refractivity contribution in [2.45, 2.75) is 0 Å². The first-order valence-electron chi connectivity index (χ1n) is 7.28. The van der Waals surface area contributed by atoms with E-state index in [2.05, 4.69) is 9.13 Å². The number of benzene rings is 2. The average Bonchev–Trinajstić information content (AvgIpc) is 3.10.